The number of carbonyl (C=O) groups is 1. The van der Waals surface area contributed by atoms with Gasteiger partial charge in [-0.3, -0.25) is 18.9 Å². The van der Waals surface area contributed by atoms with Gasteiger partial charge in [0.2, 0.25) is 0 Å². The molecule has 1 saturated heterocycles. The highest BCUT2D eigenvalue weighted by Crippen LogP contribution is 2.20. The van der Waals surface area contributed by atoms with Gasteiger partial charge in [0, 0.05) is 43.9 Å². The van der Waals surface area contributed by atoms with Crippen LogP contribution in [0.1, 0.15) is 16.8 Å². The lowest BCUT2D eigenvalue weighted by Gasteiger charge is -2.36. The zero-order valence-corrected chi connectivity index (χ0v) is 19.8. The third kappa shape index (κ3) is 4.85. The first-order chi connectivity index (χ1) is 17.0. The minimum absolute atomic E-state index is 0.190. The van der Waals surface area contributed by atoms with E-state index in [1.54, 1.807) is 42.6 Å². The molecule has 0 bridgehead atoms. The van der Waals surface area contributed by atoms with Gasteiger partial charge in [-0.2, -0.15) is 0 Å². The third-order valence-corrected chi connectivity index (χ3v) is 6.58. The molecule has 35 heavy (non-hydrogen) atoms. The quantitative estimate of drug-likeness (QED) is 0.328. The van der Waals surface area contributed by atoms with Crippen molar-refractivity contribution in [2.45, 2.75) is 6.42 Å². The molecular formula is C26H25ClFN5O2. The highest BCUT2D eigenvalue weighted by Gasteiger charge is 2.19. The van der Waals surface area contributed by atoms with Crippen LogP contribution >= 0.6 is 11.6 Å². The Balaban J connectivity index is 1.18. The molecule has 1 N–H and O–H groups in total. The Kier molecular flexibility index (Phi) is 6.66. The van der Waals surface area contributed by atoms with Gasteiger partial charge in [-0.05, 0) is 55.4 Å². The van der Waals surface area contributed by atoms with Crippen molar-refractivity contribution in [2.75, 3.05) is 44.2 Å². The number of carbonyl (C=O) groups excluding carboxylic acids is 1. The van der Waals surface area contributed by atoms with Crippen LogP contribution in [-0.2, 0) is 0 Å². The van der Waals surface area contributed by atoms with E-state index in [1.807, 2.05) is 12.1 Å². The molecule has 1 amide bonds. The van der Waals surface area contributed by atoms with Crippen LogP contribution in [-0.4, -0.2) is 59.5 Å². The Morgan fingerprint density at radius 2 is 1.86 bits per heavy atom. The highest BCUT2D eigenvalue weighted by atomic mass is 35.5. The summed E-state index contributed by atoms with van der Waals surface area (Å²) in [6, 6.07) is 15.1. The normalized spacial score (nSPS) is 14.5. The van der Waals surface area contributed by atoms with Crippen molar-refractivity contribution < 1.29 is 9.18 Å². The molecule has 2 aromatic heterocycles. The summed E-state index contributed by atoms with van der Waals surface area (Å²) < 4.78 is 15.4. The summed E-state index contributed by atoms with van der Waals surface area (Å²) in [5.74, 6) is -0.467. The summed E-state index contributed by atoms with van der Waals surface area (Å²) in [5.41, 5.74) is 1.50. The second-order valence-corrected chi connectivity index (χ2v) is 9.02. The van der Waals surface area contributed by atoms with E-state index in [-0.39, 0.29) is 17.3 Å². The van der Waals surface area contributed by atoms with Crippen LogP contribution in [0.15, 0.2) is 65.6 Å². The SMILES string of the molecule is O=C(NCCCN1CCN(c2ccccc2F)CC1)c1cccn2c(=O)c3ccc(Cl)cc3nc12. The molecule has 180 valence electrons. The first-order valence-corrected chi connectivity index (χ1v) is 12.0. The average molecular weight is 494 g/mol. The molecule has 0 atom stereocenters. The summed E-state index contributed by atoms with van der Waals surface area (Å²) in [5, 5.41) is 3.87. The van der Waals surface area contributed by atoms with Gasteiger partial charge < -0.3 is 10.2 Å². The van der Waals surface area contributed by atoms with E-state index >= 15 is 0 Å². The third-order valence-electron chi connectivity index (χ3n) is 6.35. The van der Waals surface area contributed by atoms with Crippen LogP contribution < -0.4 is 15.8 Å². The number of hydrogen-bond donors (Lipinski definition) is 1. The largest absolute Gasteiger partial charge is 0.367 e. The molecule has 1 fully saturated rings. The lowest BCUT2D eigenvalue weighted by atomic mass is 10.2. The molecule has 1 aliphatic rings. The Labute approximate surface area is 206 Å². The number of rotatable bonds is 6. The minimum atomic E-state index is -0.277. The van der Waals surface area contributed by atoms with Crippen molar-refractivity contribution in [2.24, 2.45) is 0 Å². The number of nitrogens with zero attached hydrogens (tertiary/aromatic N) is 4. The number of halogens is 2. The van der Waals surface area contributed by atoms with Crippen LogP contribution in [0, 0.1) is 5.82 Å². The first-order valence-electron chi connectivity index (χ1n) is 11.6. The monoisotopic (exact) mass is 493 g/mol. The lowest BCUT2D eigenvalue weighted by molar-refractivity contribution is 0.0952. The number of piperazine rings is 1. The van der Waals surface area contributed by atoms with E-state index < -0.39 is 0 Å². The Morgan fingerprint density at radius 1 is 1.06 bits per heavy atom. The summed E-state index contributed by atoms with van der Waals surface area (Å²) in [6.45, 7) is 4.55. The van der Waals surface area contributed by atoms with Gasteiger partial charge in [-0.1, -0.05) is 23.7 Å². The topological polar surface area (TPSA) is 70.0 Å². The van der Waals surface area contributed by atoms with Gasteiger partial charge in [0.1, 0.15) is 5.82 Å². The number of amides is 1. The number of aromatic nitrogens is 2. The number of para-hydroxylation sites is 1. The minimum Gasteiger partial charge on any atom is -0.367 e. The first kappa shape index (κ1) is 23.3. The molecule has 2 aromatic carbocycles. The van der Waals surface area contributed by atoms with Gasteiger partial charge in [0.15, 0.2) is 5.65 Å². The van der Waals surface area contributed by atoms with Gasteiger partial charge in [0.25, 0.3) is 11.5 Å². The fourth-order valence-electron chi connectivity index (χ4n) is 4.50. The van der Waals surface area contributed by atoms with Crippen LogP contribution in [0.4, 0.5) is 10.1 Å². The molecule has 0 aliphatic carbocycles. The van der Waals surface area contributed by atoms with E-state index in [0.29, 0.717) is 39.4 Å². The van der Waals surface area contributed by atoms with Gasteiger partial charge >= 0.3 is 0 Å². The zero-order chi connectivity index (χ0) is 24.4. The van der Waals surface area contributed by atoms with E-state index in [0.717, 1.165) is 39.1 Å². The molecule has 0 unspecified atom stereocenters. The maximum absolute atomic E-state index is 14.0. The second-order valence-electron chi connectivity index (χ2n) is 8.58. The van der Waals surface area contributed by atoms with Crippen molar-refractivity contribution in [1.29, 1.82) is 0 Å². The zero-order valence-electron chi connectivity index (χ0n) is 19.1. The molecule has 0 saturated carbocycles. The predicted octanol–water partition coefficient (Wildman–Crippen LogP) is 3.58. The molecule has 1 aliphatic heterocycles. The summed E-state index contributed by atoms with van der Waals surface area (Å²) >= 11 is 6.07. The molecule has 5 rings (SSSR count). The molecule has 0 spiro atoms. The van der Waals surface area contributed by atoms with Crippen LogP contribution in [0.2, 0.25) is 5.02 Å². The van der Waals surface area contributed by atoms with E-state index in [2.05, 4.69) is 20.1 Å². The van der Waals surface area contributed by atoms with Crippen LogP contribution in [0.25, 0.3) is 16.6 Å². The summed E-state index contributed by atoms with van der Waals surface area (Å²) in [6.07, 6.45) is 2.39. The van der Waals surface area contributed by atoms with Gasteiger partial charge in [-0.25, -0.2) is 9.37 Å². The number of hydrogen-bond acceptors (Lipinski definition) is 5. The highest BCUT2D eigenvalue weighted by molar-refractivity contribution is 6.31. The molecule has 4 aromatic rings. The number of fused-ring (bicyclic) bond motifs is 2. The number of benzene rings is 2. The van der Waals surface area contributed by atoms with Crippen LogP contribution in [0.5, 0.6) is 0 Å². The van der Waals surface area contributed by atoms with Crippen molar-refractivity contribution >= 4 is 39.7 Å². The lowest BCUT2D eigenvalue weighted by Crippen LogP contribution is -2.47. The molecular weight excluding hydrogens is 469 g/mol. The summed E-state index contributed by atoms with van der Waals surface area (Å²) in [7, 11) is 0. The van der Waals surface area contributed by atoms with Gasteiger partial charge in [0.05, 0.1) is 22.2 Å². The fourth-order valence-corrected chi connectivity index (χ4v) is 4.66. The number of pyridine rings is 1. The van der Waals surface area contributed by atoms with Crippen LogP contribution in [0.3, 0.4) is 0 Å². The van der Waals surface area contributed by atoms with Gasteiger partial charge in [-0.15, -0.1) is 0 Å². The average Bonchev–Trinajstić information content (AvgIpc) is 2.87. The molecule has 7 nitrogen and oxygen atoms in total. The van der Waals surface area contributed by atoms with E-state index in [4.69, 9.17) is 11.6 Å². The van der Waals surface area contributed by atoms with E-state index in [9.17, 15) is 14.0 Å². The van der Waals surface area contributed by atoms with Crippen molar-refractivity contribution in [3.63, 3.8) is 0 Å². The fraction of sp³-hybridized carbons (Fsp3) is 0.269. The van der Waals surface area contributed by atoms with Crippen molar-refractivity contribution in [3.05, 3.63) is 87.6 Å². The van der Waals surface area contributed by atoms with Crippen molar-refractivity contribution in [1.82, 2.24) is 19.6 Å². The van der Waals surface area contributed by atoms with Crippen molar-refractivity contribution in [3.8, 4) is 0 Å². The summed E-state index contributed by atoms with van der Waals surface area (Å²) in [4.78, 5) is 34.7. The maximum Gasteiger partial charge on any atom is 0.265 e. The Hall–Kier alpha value is -3.49. The number of anilines is 1. The molecule has 0 radical (unpaired) electrons. The molecule has 9 heteroatoms. The van der Waals surface area contributed by atoms with E-state index in [1.165, 1.54) is 10.5 Å². The predicted molar refractivity (Wildman–Crippen MR) is 136 cm³/mol. The Morgan fingerprint density at radius 3 is 2.66 bits per heavy atom. The molecule has 3 heterocycles. The maximum atomic E-state index is 14.0. The standard InChI is InChI=1S/C26H25ClFN5O2/c27-18-8-9-19-22(17-18)30-24-20(5-3-12-33(24)26(19)35)25(34)29-10-4-11-31-13-15-32(16-14-31)23-7-2-1-6-21(23)28/h1-3,5-9,12,17H,4,10-11,13-16H2,(H,29,34). The number of nitrogens with one attached hydrogen (secondary N) is 1. The Bertz CT molecular complexity index is 1450. The smallest absolute Gasteiger partial charge is 0.265 e. The second kappa shape index (κ2) is 10.0.